The van der Waals surface area contributed by atoms with Gasteiger partial charge in [0.1, 0.15) is 12.6 Å². The highest BCUT2D eigenvalue weighted by molar-refractivity contribution is 5.79. The first kappa shape index (κ1) is 11.4. The molecule has 0 aromatic carbocycles. The third-order valence-electron chi connectivity index (χ3n) is 1.30. The van der Waals surface area contributed by atoms with Crippen molar-refractivity contribution in [2.24, 2.45) is 0 Å². The predicted octanol–water partition coefficient (Wildman–Crippen LogP) is -1.31. The first-order valence-electron chi connectivity index (χ1n) is 3.67. The number of hydrogen-bond donors (Lipinski definition) is 3. The van der Waals surface area contributed by atoms with Gasteiger partial charge in [-0.3, -0.25) is 14.9 Å². The Bertz CT molecular complexity index is 234. The molecule has 1 atom stereocenters. The lowest BCUT2D eigenvalue weighted by molar-refractivity contribution is -0.139. The van der Waals surface area contributed by atoms with Gasteiger partial charge in [0.2, 0.25) is 5.91 Å². The van der Waals surface area contributed by atoms with Gasteiger partial charge in [0.25, 0.3) is 0 Å². The Balaban J connectivity index is 3.59. The maximum atomic E-state index is 10.8. The van der Waals surface area contributed by atoms with Crippen LogP contribution in [0, 0.1) is 11.3 Å². The summed E-state index contributed by atoms with van der Waals surface area (Å²) in [5.74, 6) is -1.41. The Morgan fingerprint density at radius 1 is 1.62 bits per heavy atom. The van der Waals surface area contributed by atoms with Crippen LogP contribution in [-0.2, 0) is 9.59 Å². The van der Waals surface area contributed by atoms with E-state index in [4.69, 9.17) is 10.4 Å². The van der Waals surface area contributed by atoms with Crippen molar-refractivity contribution < 1.29 is 14.7 Å². The summed E-state index contributed by atoms with van der Waals surface area (Å²) >= 11 is 0. The maximum absolute atomic E-state index is 10.8. The van der Waals surface area contributed by atoms with Crippen molar-refractivity contribution in [1.82, 2.24) is 10.6 Å². The molecule has 1 amide bonds. The highest BCUT2D eigenvalue weighted by Gasteiger charge is 2.10. The average Bonchev–Trinajstić information content (AvgIpc) is 2.10. The van der Waals surface area contributed by atoms with Crippen molar-refractivity contribution in [3.8, 4) is 6.07 Å². The van der Waals surface area contributed by atoms with Gasteiger partial charge in [0, 0.05) is 0 Å². The molecule has 3 N–H and O–H groups in total. The number of aliphatic carboxylic acids is 1. The minimum atomic E-state index is -1.02. The number of hydrogen-bond acceptors (Lipinski definition) is 4. The minimum Gasteiger partial charge on any atom is -0.480 e. The number of carboxylic acids is 1. The number of amides is 1. The number of rotatable bonds is 5. The molecule has 6 heteroatoms. The molecule has 1 unspecified atom stereocenters. The van der Waals surface area contributed by atoms with Gasteiger partial charge >= 0.3 is 5.97 Å². The molecule has 0 aliphatic heterocycles. The third kappa shape index (κ3) is 5.64. The topological polar surface area (TPSA) is 102 Å². The average molecular weight is 185 g/mol. The van der Waals surface area contributed by atoms with E-state index < -0.39 is 17.9 Å². The second-order valence-electron chi connectivity index (χ2n) is 2.38. The fourth-order valence-corrected chi connectivity index (χ4v) is 0.534. The summed E-state index contributed by atoms with van der Waals surface area (Å²) < 4.78 is 0. The summed E-state index contributed by atoms with van der Waals surface area (Å²) in [4.78, 5) is 21.1. The quantitative estimate of drug-likeness (QED) is 0.461. The number of nitrogens with zero attached hydrogens (tertiary/aromatic N) is 1. The lowest BCUT2D eigenvalue weighted by atomic mass is 10.3. The number of carboxylic acid groups (broad SMARTS) is 1. The first-order valence-corrected chi connectivity index (χ1v) is 3.67. The Kier molecular flexibility index (Phi) is 5.23. The molecule has 13 heavy (non-hydrogen) atoms. The first-order chi connectivity index (χ1) is 6.07. The highest BCUT2D eigenvalue weighted by Crippen LogP contribution is 1.79. The zero-order valence-electron chi connectivity index (χ0n) is 7.20. The van der Waals surface area contributed by atoms with Crippen LogP contribution < -0.4 is 10.6 Å². The number of carbonyl (C=O) groups excluding carboxylic acids is 1. The highest BCUT2D eigenvalue weighted by atomic mass is 16.4. The summed E-state index contributed by atoms with van der Waals surface area (Å²) in [7, 11) is 0. The maximum Gasteiger partial charge on any atom is 0.320 e. The lowest BCUT2D eigenvalue weighted by Gasteiger charge is -2.07. The summed E-state index contributed by atoms with van der Waals surface area (Å²) in [6.45, 7) is 1.26. The fourth-order valence-electron chi connectivity index (χ4n) is 0.534. The largest absolute Gasteiger partial charge is 0.480 e. The molecule has 0 rings (SSSR count). The Hall–Kier alpha value is -1.61. The van der Waals surface area contributed by atoms with Crippen LogP contribution in [0.15, 0.2) is 0 Å². The van der Waals surface area contributed by atoms with E-state index in [1.165, 1.54) is 6.92 Å². The van der Waals surface area contributed by atoms with Crippen molar-refractivity contribution in [3.63, 3.8) is 0 Å². The minimum absolute atomic E-state index is 0.0675. The standard InChI is InChI=1S/C7H11N3O3/c1-5(7(12)13)10-4-6(11)9-3-2-8/h5,10H,3-4H2,1H3,(H,9,11)(H,12,13). The second kappa shape index (κ2) is 5.97. The summed E-state index contributed by atoms with van der Waals surface area (Å²) in [6.07, 6.45) is 0. The molecule has 0 saturated heterocycles. The van der Waals surface area contributed by atoms with Gasteiger partial charge < -0.3 is 10.4 Å². The van der Waals surface area contributed by atoms with Gasteiger partial charge in [-0.2, -0.15) is 5.26 Å². The molecule has 0 spiro atoms. The molecule has 72 valence electrons. The van der Waals surface area contributed by atoms with Gasteiger partial charge in [-0.25, -0.2) is 0 Å². The van der Waals surface area contributed by atoms with Crippen molar-refractivity contribution in [1.29, 1.82) is 5.26 Å². The number of nitriles is 1. The van der Waals surface area contributed by atoms with Crippen molar-refractivity contribution in [3.05, 3.63) is 0 Å². The van der Waals surface area contributed by atoms with E-state index in [9.17, 15) is 9.59 Å². The molecule has 0 aliphatic rings. The lowest BCUT2D eigenvalue weighted by Crippen LogP contribution is -2.41. The van der Waals surface area contributed by atoms with Gasteiger partial charge in [0.05, 0.1) is 12.6 Å². The van der Waals surface area contributed by atoms with Crippen LogP contribution in [-0.4, -0.2) is 36.1 Å². The van der Waals surface area contributed by atoms with Crippen molar-refractivity contribution in [2.45, 2.75) is 13.0 Å². The second-order valence-corrected chi connectivity index (χ2v) is 2.38. The zero-order valence-corrected chi connectivity index (χ0v) is 7.20. The molecule has 0 aromatic heterocycles. The Morgan fingerprint density at radius 2 is 2.23 bits per heavy atom. The van der Waals surface area contributed by atoms with E-state index in [0.717, 1.165) is 0 Å². The van der Waals surface area contributed by atoms with E-state index in [-0.39, 0.29) is 13.1 Å². The Labute approximate surface area is 75.5 Å². The molecule has 0 fully saturated rings. The van der Waals surface area contributed by atoms with Crippen LogP contribution in [0.5, 0.6) is 0 Å². The number of carbonyl (C=O) groups is 2. The zero-order chi connectivity index (χ0) is 10.3. The van der Waals surface area contributed by atoms with Gasteiger partial charge in [-0.05, 0) is 6.92 Å². The SMILES string of the molecule is CC(NCC(=O)NCC#N)C(=O)O. The normalized spacial score (nSPS) is 11.4. The summed E-state index contributed by atoms with van der Waals surface area (Å²) in [5, 5.41) is 21.3. The molecular formula is C7H11N3O3. The van der Waals surface area contributed by atoms with Crippen LogP contribution >= 0.6 is 0 Å². The van der Waals surface area contributed by atoms with E-state index >= 15 is 0 Å². The van der Waals surface area contributed by atoms with E-state index in [1.54, 1.807) is 6.07 Å². The van der Waals surface area contributed by atoms with E-state index in [0.29, 0.717) is 0 Å². The molecule has 0 heterocycles. The van der Waals surface area contributed by atoms with Gasteiger partial charge in [-0.15, -0.1) is 0 Å². The van der Waals surface area contributed by atoms with Crippen molar-refractivity contribution >= 4 is 11.9 Å². The molecule has 0 aromatic rings. The van der Waals surface area contributed by atoms with Crippen LogP contribution in [0.3, 0.4) is 0 Å². The van der Waals surface area contributed by atoms with Gasteiger partial charge in [0.15, 0.2) is 0 Å². The smallest absolute Gasteiger partial charge is 0.320 e. The van der Waals surface area contributed by atoms with Crippen LogP contribution in [0.1, 0.15) is 6.92 Å². The molecule has 0 radical (unpaired) electrons. The van der Waals surface area contributed by atoms with E-state index in [2.05, 4.69) is 10.6 Å². The predicted molar refractivity (Wildman–Crippen MR) is 43.7 cm³/mol. The monoisotopic (exact) mass is 185 g/mol. The Morgan fingerprint density at radius 3 is 2.69 bits per heavy atom. The van der Waals surface area contributed by atoms with E-state index in [1.807, 2.05) is 0 Å². The summed E-state index contributed by atoms with van der Waals surface area (Å²) in [6, 6.07) is 0.962. The van der Waals surface area contributed by atoms with Crippen molar-refractivity contribution in [2.75, 3.05) is 13.1 Å². The van der Waals surface area contributed by atoms with Crippen LogP contribution in [0.4, 0.5) is 0 Å². The summed E-state index contributed by atoms with van der Waals surface area (Å²) in [5.41, 5.74) is 0. The van der Waals surface area contributed by atoms with Crippen LogP contribution in [0.25, 0.3) is 0 Å². The molecule has 0 saturated carbocycles. The van der Waals surface area contributed by atoms with Crippen LogP contribution in [0.2, 0.25) is 0 Å². The molecule has 0 aliphatic carbocycles. The number of nitrogens with one attached hydrogen (secondary N) is 2. The molecule has 0 bridgehead atoms. The molecule has 6 nitrogen and oxygen atoms in total. The fraction of sp³-hybridized carbons (Fsp3) is 0.571. The third-order valence-corrected chi connectivity index (χ3v) is 1.30. The molecular weight excluding hydrogens is 174 g/mol. The van der Waals surface area contributed by atoms with Gasteiger partial charge in [-0.1, -0.05) is 0 Å².